The zero-order chi connectivity index (χ0) is 23.4. The van der Waals surface area contributed by atoms with Crippen molar-refractivity contribution in [2.45, 2.75) is 30.7 Å². The van der Waals surface area contributed by atoms with Crippen LogP contribution in [-0.4, -0.2) is 36.2 Å². The number of nitrogens with zero attached hydrogens (tertiary/aromatic N) is 1. The van der Waals surface area contributed by atoms with E-state index in [0.717, 1.165) is 33.7 Å². The molecule has 0 radical (unpaired) electrons. The Morgan fingerprint density at radius 3 is 2.44 bits per heavy atom. The number of imidazole rings is 1. The van der Waals surface area contributed by atoms with Gasteiger partial charge in [-0.2, -0.15) is 0 Å². The van der Waals surface area contributed by atoms with Gasteiger partial charge >= 0.3 is 0 Å². The minimum absolute atomic E-state index is 0.00218. The molecule has 6 nitrogen and oxygen atoms in total. The zero-order valence-electron chi connectivity index (χ0n) is 19.3. The number of carbonyl (C=O) groups is 1. The molecule has 174 valence electrons. The van der Waals surface area contributed by atoms with E-state index in [0.29, 0.717) is 32.5 Å². The summed E-state index contributed by atoms with van der Waals surface area (Å²) in [7, 11) is 1.65. The monoisotopic (exact) mass is 455 g/mol. The van der Waals surface area contributed by atoms with Crippen LogP contribution < -0.4 is 10.1 Å². The molecular weight excluding hydrogens is 426 g/mol. The van der Waals surface area contributed by atoms with Crippen molar-refractivity contribution in [1.29, 1.82) is 0 Å². The molecule has 4 aromatic rings. The van der Waals surface area contributed by atoms with Gasteiger partial charge in [-0.05, 0) is 54.7 Å². The van der Waals surface area contributed by atoms with E-state index < -0.39 is 5.41 Å². The number of nitrogens with one attached hydrogen (secondary N) is 2. The van der Waals surface area contributed by atoms with Crippen molar-refractivity contribution in [1.82, 2.24) is 15.3 Å². The number of amides is 1. The maximum absolute atomic E-state index is 14.0. The zero-order valence-corrected chi connectivity index (χ0v) is 19.3. The number of benzene rings is 3. The van der Waals surface area contributed by atoms with Crippen LogP contribution in [-0.2, 0) is 21.4 Å². The topological polar surface area (TPSA) is 76.2 Å². The molecule has 5 rings (SSSR count). The Morgan fingerprint density at radius 2 is 1.74 bits per heavy atom. The second-order valence-electron chi connectivity index (χ2n) is 8.78. The summed E-state index contributed by atoms with van der Waals surface area (Å²) in [6.45, 7) is 1.10. The number of ether oxygens (including phenoxy) is 2. The number of H-pyrrole nitrogens is 1. The fourth-order valence-electron chi connectivity index (χ4n) is 4.78. The number of aromatic amines is 1. The third-order valence-electron chi connectivity index (χ3n) is 6.75. The Bertz CT molecular complexity index is 1210. The van der Waals surface area contributed by atoms with E-state index in [2.05, 4.69) is 22.4 Å². The third kappa shape index (κ3) is 4.41. The van der Waals surface area contributed by atoms with Crippen LogP contribution in [0.5, 0.6) is 5.75 Å². The average Bonchev–Trinajstić information content (AvgIpc) is 3.34. The first-order valence-electron chi connectivity index (χ1n) is 11.7. The number of hydrogen-bond acceptors (Lipinski definition) is 4. The second kappa shape index (κ2) is 9.69. The van der Waals surface area contributed by atoms with Crippen molar-refractivity contribution in [3.05, 3.63) is 95.8 Å². The molecule has 0 bridgehead atoms. The first-order valence-corrected chi connectivity index (χ1v) is 11.7. The molecule has 0 aliphatic carbocycles. The molecular formula is C28H29N3O3. The van der Waals surface area contributed by atoms with Gasteiger partial charge in [0.2, 0.25) is 5.91 Å². The highest BCUT2D eigenvalue weighted by Gasteiger charge is 2.42. The van der Waals surface area contributed by atoms with E-state index in [4.69, 9.17) is 14.5 Å². The normalized spacial score (nSPS) is 16.1. The molecule has 34 heavy (non-hydrogen) atoms. The summed E-state index contributed by atoms with van der Waals surface area (Å²) in [5.41, 5.74) is 3.31. The number of fused-ring (bicyclic) bond motifs is 1. The predicted molar refractivity (Wildman–Crippen MR) is 132 cm³/mol. The van der Waals surface area contributed by atoms with Gasteiger partial charge in [-0.15, -0.1) is 0 Å². The molecule has 3 aromatic carbocycles. The van der Waals surface area contributed by atoms with Gasteiger partial charge in [-0.3, -0.25) is 4.79 Å². The van der Waals surface area contributed by atoms with E-state index >= 15 is 0 Å². The first kappa shape index (κ1) is 22.2. The van der Waals surface area contributed by atoms with Crippen LogP contribution in [0.3, 0.4) is 0 Å². The average molecular weight is 456 g/mol. The van der Waals surface area contributed by atoms with E-state index in [1.807, 2.05) is 66.7 Å². The van der Waals surface area contributed by atoms with Crippen molar-refractivity contribution < 1.29 is 14.3 Å². The number of rotatable bonds is 7. The fraction of sp³-hybridized carbons (Fsp3) is 0.286. The van der Waals surface area contributed by atoms with Gasteiger partial charge in [-0.1, -0.05) is 54.6 Å². The molecule has 0 unspecified atom stereocenters. The summed E-state index contributed by atoms with van der Waals surface area (Å²) in [6, 6.07) is 25.7. The van der Waals surface area contributed by atoms with Crippen molar-refractivity contribution >= 4 is 16.9 Å². The van der Waals surface area contributed by atoms with E-state index in [9.17, 15) is 4.79 Å². The predicted octanol–water partition coefficient (Wildman–Crippen LogP) is 4.72. The summed E-state index contributed by atoms with van der Waals surface area (Å²) < 4.78 is 11.0. The Labute approximate surface area is 199 Å². The van der Waals surface area contributed by atoms with Gasteiger partial charge in [0, 0.05) is 13.2 Å². The molecule has 1 amide bonds. The van der Waals surface area contributed by atoms with Crippen LogP contribution in [0.4, 0.5) is 0 Å². The number of hydrogen-bond donors (Lipinski definition) is 2. The van der Waals surface area contributed by atoms with Gasteiger partial charge in [0.1, 0.15) is 11.6 Å². The third-order valence-corrected chi connectivity index (χ3v) is 6.75. The number of para-hydroxylation sites is 2. The molecule has 1 atom stereocenters. The molecule has 1 saturated heterocycles. The standard InChI is InChI=1S/C28H29N3O3/c1-33-22-13-11-21(12-14-22)28(15-17-34-18-16-28)27(32)31-25(19-20-7-3-2-4-8-20)26-29-23-9-5-6-10-24(23)30-26/h2-14,25H,15-19H2,1H3,(H,29,30)(H,31,32)/t25-/m0/s1. The van der Waals surface area contributed by atoms with Crippen LogP contribution in [0.25, 0.3) is 11.0 Å². The van der Waals surface area contributed by atoms with Gasteiger partial charge in [0.15, 0.2) is 0 Å². The number of methoxy groups -OCH3 is 1. The summed E-state index contributed by atoms with van der Waals surface area (Å²) in [6.07, 6.45) is 1.90. The van der Waals surface area contributed by atoms with E-state index in [1.54, 1.807) is 7.11 Å². The van der Waals surface area contributed by atoms with Crippen LogP contribution in [0, 0.1) is 0 Å². The largest absolute Gasteiger partial charge is 0.497 e. The Hall–Kier alpha value is -3.64. The lowest BCUT2D eigenvalue weighted by molar-refractivity contribution is -0.131. The molecule has 1 aliphatic heterocycles. The first-order chi connectivity index (χ1) is 16.7. The lowest BCUT2D eigenvalue weighted by Crippen LogP contribution is -2.49. The van der Waals surface area contributed by atoms with Crippen LogP contribution >= 0.6 is 0 Å². The molecule has 1 aromatic heterocycles. The fourth-order valence-corrected chi connectivity index (χ4v) is 4.78. The minimum Gasteiger partial charge on any atom is -0.497 e. The second-order valence-corrected chi connectivity index (χ2v) is 8.78. The van der Waals surface area contributed by atoms with Crippen LogP contribution in [0.15, 0.2) is 78.9 Å². The molecule has 1 fully saturated rings. The molecule has 0 saturated carbocycles. The van der Waals surface area contributed by atoms with Gasteiger partial charge < -0.3 is 19.8 Å². The highest BCUT2D eigenvalue weighted by molar-refractivity contribution is 5.89. The Kier molecular flexibility index (Phi) is 6.32. The van der Waals surface area contributed by atoms with Gasteiger partial charge in [-0.25, -0.2) is 4.98 Å². The smallest absolute Gasteiger partial charge is 0.231 e. The summed E-state index contributed by atoms with van der Waals surface area (Å²) in [4.78, 5) is 22.3. The van der Waals surface area contributed by atoms with E-state index in [-0.39, 0.29) is 11.9 Å². The Morgan fingerprint density at radius 1 is 1.03 bits per heavy atom. The Balaban J connectivity index is 1.49. The molecule has 2 heterocycles. The van der Waals surface area contributed by atoms with Crippen molar-refractivity contribution in [3.63, 3.8) is 0 Å². The molecule has 2 N–H and O–H groups in total. The maximum atomic E-state index is 14.0. The summed E-state index contributed by atoms with van der Waals surface area (Å²) in [5.74, 6) is 1.54. The highest BCUT2D eigenvalue weighted by atomic mass is 16.5. The quantitative estimate of drug-likeness (QED) is 0.423. The SMILES string of the molecule is COc1ccc(C2(C(=O)N[C@@H](Cc3ccccc3)c3nc4ccccc4[nH]3)CCOCC2)cc1. The van der Waals surface area contributed by atoms with E-state index in [1.165, 1.54) is 0 Å². The van der Waals surface area contributed by atoms with Crippen LogP contribution in [0.1, 0.15) is 35.8 Å². The number of carbonyl (C=O) groups excluding carboxylic acids is 1. The molecule has 0 spiro atoms. The summed E-state index contributed by atoms with van der Waals surface area (Å²) >= 11 is 0. The van der Waals surface area contributed by atoms with Gasteiger partial charge in [0.25, 0.3) is 0 Å². The van der Waals surface area contributed by atoms with Crippen molar-refractivity contribution in [3.8, 4) is 5.75 Å². The lowest BCUT2D eigenvalue weighted by Gasteiger charge is -2.37. The maximum Gasteiger partial charge on any atom is 0.231 e. The highest BCUT2D eigenvalue weighted by Crippen LogP contribution is 2.37. The summed E-state index contributed by atoms with van der Waals surface area (Å²) in [5, 5.41) is 3.36. The van der Waals surface area contributed by atoms with Crippen molar-refractivity contribution in [2.24, 2.45) is 0 Å². The minimum atomic E-state index is -0.661. The number of aromatic nitrogens is 2. The lowest BCUT2D eigenvalue weighted by atomic mass is 9.73. The van der Waals surface area contributed by atoms with Crippen molar-refractivity contribution in [2.75, 3.05) is 20.3 Å². The van der Waals surface area contributed by atoms with Gasteiger partial charge in [0.05, 0.1) is 29.6 Å². The molecule has 6 heteroatoms. The van der Waals surface area contributed by atoms with Crippen LogP contribution in [0.2, 0.25) is 0 Å². The molecule has 1 aliphatic rings.